The molecule has 1 fully saturated rings. The molecule has 1 heterocycles. The fourth-order valence-electron chi connectivity index (χ4n) is 3.39. The van der Waals surface area contributed by atoms with Crippen LogP contribution in [0.2, 0.25) is 0 Å². The zero-order valence-corrected chi connectivity index (χ0v) is 14.8. The number of aryl methyl sites for hydroxylation is 1. The predicted octanol–water partition coefficient (Wildman–Crippen LogP) is 4.07. The third kappa shape index (κ3) is 5.71. The van der Waals surface area contributed by atoms with Crippen LogP contribution in [0.3, 0.4) is 0 Å². The van der Waals surface area contributed by atoms with Gasteiger partial charge < -0.3 is 9.64 Å². The van der Waals surface area contributed by atoms with E-state index < -0.39 is 0 Å². The SMILES string of the molecule is O=C(OCc1ccccc1)C1CCN(CCCc2ccccc2)CC1. The minimum atomic E-state index is -0.0345. The number of likely N-dealkylation sites (tertiary alicyclic amines) is 1. The smallest absolute Gasteiger partial charge is 0.309 e. The number of piperidine rings is 1. The maximum absolute atomic E-state index is 12.2. The fraction of sp³-hybridized carbons (Fsp3) is 0.409. The quantitative estimate of drug-likeness (QED) is 0.713. The summed E-state index contributed by atoms with van der Waals surface area (Å²) in [5.41, 5.74) is 2.45. The molecule has 0 unspecified atom stereocenters. The Hall–Kier alpha value is -2.13. The van der Waals surface area contributed by atoms with E-state index in [9.17, 15) is 4.79 Å². The molecule has 3 heteroatoms. The average molecular weight is 337 g/mol. The second-order valence-corrected chi connectivity index (χ2v) is 6.80. The van der Waals surface area contributed by atoms with Crippen LogP contribution in [0.25, 0.3) is 0 Å². The Morgan fingerprint density at radius 2 is 1.52 bits per heavy atom. The minimum absolute atomic E-state index is 0.0345. The van der Waals surface area contributed by atoms with Crippen LogP contribution in [0.5, 0.6) is 0 Å². The van der Waals surface area contributed by atoms with E-state index in [0.29, 0.717) is 6.61 Å². The zero-order valence-electron chi connectivity index (χ0n) is 14.8. The molecule has 0 aromatic heterocycles. The fourth-order valence-corrected chi connectivity index (χ4v) is 3.39. The molecule has 2 aromatic rings. The number of nitrogens with zero attached hydrogens (tertiary/aromatic N) is 1. The molecule has 0 bridgehead atoms. The topological polar surface area (TPSA) is 29.5 Å². The van der Waals surface area contributed by atoms with Crippen molar-refractivity contribution in [3.8, 4) is 0 Å². The maximum atomic E-state index is 12.2. The molecule has 3 nitrogen and oxygen atoms in total. The molecule has 0 spiro atoms. The first-order valence-electron chi connectivity index (χ1n) is 9.28. The molecule has 132 valence electrons. The number of hydrogen-bond acceptors (Lipinski definition) is 3. The van der Waals surface area contributed by atoms with E-state index in [1.54, 1.807) is 0 Å². The van der Waals surface area contributed by atoms with Gasteiger partial charge in [-0.2, -0.15) is 0 Å². The minimum Gasteiger partial charge on any atom is -0.461 e. The second-order valence-electron chi connectivity index (χ2n) is 6.80. The summed E-state index contributed by atoms with van der Waals surface area (Å²) in [6, 6.07) is 20.5. The van der Waals surface area contributed by atoms with Crippen LogP contribution < -0.4 is 0 Å². The molecule has 3 rings (SSSR count). The van der Waals surface area contributed by atoms with Crippen molar-refractivity contribution < 1.29 is 9.53 Å². The van der Waals surface area contributed by atoms with Gasteiger partial charge in [-0.05, 0) is 56.4 Å². The molecular weight excluding hydrogens is 310 g/mol. The summed E-state index contributed by atoms with van der Waals surface area (Å²) in [4.78, 5) is 14.7. The molecule has 0 saturated carbocycles. The third-order valence-electron chi connectivity index (χ3n) is 4.93. The van der Waals surface area contributed by atoms with E-state index in [0.717, 1.165) is 44.5 Å². The Morgan fingerprint density at radius 3 is 2.16 bits per heavy atom. The highest BCUT2D eigenvalue weighted by molar-refractivity contribution is 5.72. The predicted molar refractivity (Wildman–Crippen MR) is 100 cm³/mol. The van der Waals surface area contributed by atoms with E-state index in [4.69, 9.17) is 4.74 Å². The second kappa shape index (κ2) is 9.38. The molecule has 1 saturated heterocycles. The lowest BCUT2D eigenvalue weighted by Crippen LogP contribution is -2.37. The van der Waals surface area contributed by atoms with Gasteiger partial charge >= 0.3 is 5.97 Å². The van der Waals surface area contributed by atoms with E-state index in [1.165, 1.54) is 12.0 Å². The molecule has 1 aliphatic heterocycles. The molecular formula is C22H27NO2. The number of hydrogen-bond donors (Lipinski definition) is 0. The highest BCUT2D eigenvalue weighted by Crippen LogP contribution is 2.19. The van der Waals surface area contributed by atoms with Gasteiger partial charge in [-0.1, -0.05) is 60.7 Å². The van der Waals surface area contributed by atoms with Gasteiger partial charge in [0.1, 0.15) is 6.61 Å². The lowest BCUT2D eigenvalue weighted by atomic mass is 9.96. The van der Waals surface area contributed by atoms with Crippen LogP contribution in [0.4, 0.5) is 0 Å². The largest absolute Gasteiger partial charge is 0.461 e. The van der Waals surface area contributed by atoms with Crippen LogP contribution >= 0.6 is 0 Å². The van der Waals surface area contributed by atoms with E-state index in [2.05, 4.69) is 35.2 Å². The average Bonchev–Trinajstić information content (AvgIpc) is 2.68. The lowest BCUT2D eigenvalue weighted by Gasteiger charge is -2.30. The third-order valence-corrected chi connectivity index (χ3v) is 4.93. The Balaban J connectivity index is 1.33. The van der Waals surface area contributed by atoms with Crippen LogP contribution in [-0.4, -0.2) is 30.5 Å². The highest BCUT2D eigenvalue weighted by Gasteiger charge is 2.25. The van der Waals surface area contributed by atoms with Crippen molar-refractivity contribution in [2.24, 2.45) is 5.92 Å². The molecule has 0 atom stereocenters. The molecule has 0 aliphatic carbocycles. The van der Waals surface area contributed by atoms with Crippen molar-refractivity contribution in [1.82, 2.24) is 4.90 Å². The van der Waals surface area contributed by atoms with Crippen LogP contribution in [0.15, 0.2) is 60.7 Å². The van der Waals surface area contributed by atoms with Crippen LogP contribution in [0.1, 0.15) is 30.4 Å². The summed E-state index contributed by atoms with van der Waals surface area (Å²) in [6.45, 7) is 3.50. The summed E-state index contributed by atoms with van der Waals surface area (Å²) in [5, 5.41) is 0. The highest BCUT2D eigenvalue weighted by atomic mass is 16.5. The summed E-state index contributed by atoms with van der Waals surface area (Å²) in [7, 11) is 0. The van der Waals surface area contributed by atoms with E-state index in [1.807, 2.05) is 30.3 Å². The summed E-state index contributed by atoms with van der Waals surface area (Å²) in [5.74, 6) is 0.0295. The van der Waals surface area contributed by atoms with Crippen molar-refractivity contribution in [3.63, 3.8) is 0 Å². The first kappa shape index (κ1) is 17.7. The van der Waals surface area contributed by atoms with Gasteiger partial charge in [0.15, 0.2) is 0 Å². The number of benzene rings is 2. The lowest BCUT2D eigenvalue weighted by molar-refractivity contribution is -0.151. The summed E-state index contributed by atoms with van der Waals surface area (Å²) >= 11 is 0. The van der Waals surface area contributed by atoms with Gasteiger partial charge in [-0.3, -0.25) is 4.79 Å². The van der Waals surface area contributed by atoms with Gasteiger partial charge in [-0.15, -0.1) is 0 Å². The Bertz CT molecular complexity index is 634. The Labute approximate surface area is 150 Å². The summed E-state index contributed by atoms with van der Waals surface area (Å²) < 4.78 is 5.48. The number of carbonyl (C=O) groups excluding carboxylic acids is 1. The van der Waals surface area contributed by atoms with Crippen LogP contribution in [0, 0.1) is 5.92 Å². The molecule has 1 aliphatic rings. The molecule has 0 amide bonds. The zero-order chi connectivity index (χ0) is 17.3. The van der Waals surface area contributed by atoms with Gasteiger partial charge in [0.2, 0.25) is 0 Å². The Morgan fingerprint density at radius 1 is 0.920 bits per heavy atom. The van der Waals surface area contributed by atoms with Crippen molar-refractivity contribution in [2.75, 3.05) is 19.6 Å². The van der Waals surface area contributed by atoms with Gasteiger partial charge in [-0.25, -0.2) is 0 Å². The number of carbonyl (C=O) groups is 1. The Kier molecular flexibility index (Phi) is 6.63. The molecule has 25 heavy (non-hydrogen) atoms. The molecule has 2 aromatic carbocycles. The van der Waals surface area contributed by atoms with E-state index in [-0.39, 0.29) is 11.9 Å². The van der Waals surface area contributed by atoms with Crippen molar-refractivity contribution in [2.45, 2.75) is 32.3 Å². The number of esters is 1. The molecule has 0 radical (unpaired) electrons. The first-order chi connectivity index (χ1) is 12.3. The number of rotatable bonds is 7. The molecule has 0 N–H and O–H groups in total. The summed E-state index contributed by atoms with van der Waals surface area (Å²) in [6.07, 6.45) is 4.13. The maximum Gasteiger partial charge on any atom is 0.309 e. The van der Waals surface area contributed by atoms with Crippen LogP contribution in [-0.2, 0) is 22.6 Å². The standard InChI is InChI=1S/C22H27NO2/c24-22(25-18-20-10-5-2-6-11-20)21-13-16-23(17-14-21)15-7-12-19-8-3-1-4-9-19/h1-6,8-11,21H,7,12-18H2. The van der Waals surface area contributed by atoms with Gasteiger partial charge in [0.05, 0.1) is 5.92 Å². The van der Waals surface area contributed by atoms with Gasteiger partial charge in [0.25, 0.3) is 0 Å². The monoisotopic (exact) mass is 337 g/mol. The van der Waals surface area contributed by atoms with E-state index >= 15 is 0 Å². The number of ether oxygens (including phenoxy) is 1. The normalized spacial score (nSPS) is 15.8. The van der Waals surface area contributed by atoms with Crippen molar-refractivity contribution >= 4 is 5.97 Å². The first-order valence-corrected chi connectivity index (χ1v) is 9.28. The van der Waals surface area contributed by atoms with Gasteiger partial charge in [0, 0.05) is 0 Å². The van der Waals surface area contributed by atoms with Crippen molar-refractivity contribution in [1.29, 1.82) is 0 Å². The van der Waals surface area contributed by atoms with Crippen molar-refractivity contribution in [3.05, 3.63) is 71.8 Å².